The number of aliphatic hydroxyl groups is 1. The van der Waals surface area contributed by atoms with E-state index in [0.717, 1.165) is 19.3 Å². The molecular formula is C12H22O3. The Kier molecular flexibility index (Phi) is 4.14. The molecule has 0 bridgehead atoms. The van der Waals surface area contributed by atoms with E-state index in [1.54, 1.807) is 0 Å². The Labute approximate surface area is 91.5 Å². The van der Waals surface area contributed by atoms with Crippen LogP contribution in [0.25, 0.3) is 0 Å². The maximum absolute atomic E-state index is 11.1. The zero-order valence-corrected chi connectivity index (χ0v) is 9.70. The highest BCUT2D eigenvalue weighted by atomic mass is 16.4. The molecule has 1 fully saturated rings. The lowest BCUT2D eigenvalue weighted by molar-refractivity contribution is -0.153. The van der Waals surface area contributed by atoms with Crippen LogP contribution in [0.15, 0.2) is 0 Å². The Morgan fingerprint density at radius 2 is 2.13 bits per heavy atom. The van der Waals surface area contributed by atoms with Crippen molar-refractivity contribution in [3.63, 3.8) is 0 Å². The van der Waals surface area contributed by atoms with Crippen molar-refractivity contribution < 1.29 is 15.0 Å². The Balaban J connectivity index is 2.74. The largest absolute Gasteiger partial charge is 0.481 e. The van der Waals surface area contributed by atoms with Crippen molar-refractivity contribution in [1.82, 2.24) is 0 Å². The van der Waals surface area contributed by atoms with E-state index in [4.69, 9.17) is 5.11 Å². The number of hydrogen-bond donors (Lipinski definition) is 2. The summed E-state index contributed by atoms with van der Waals surface area (Å²) in [6.45, 7) is 4.01. The summed E-state index contributed by atoms with van der Waals surface area (Å²) in [6.07, 6.45) is 4.79. The SMILES string of the molecule is CCC(C(=O)O)C1(O)CCCC(C)CC1. The molecule has 1 aliphatic rings. The summed E-state index contributed by atoms with van der Waals surface area (Å²) in [5, 5.41) is 19.5. The molecular weight excluding hydrogens is 192 g/mol. The van der Waals surface area contributed by atoms with Gasteiger partial charge < -0.3 is 10.2 Å². The molecule has 0 spiro atoms. The van der Waals surface area contributed by atoms with E-state index < -0.39 is 17.5 Å². The van der Waals surface area contributed by atoms with Crippen molar-refractivity contribution in [2.24, 2.45) is 11.8 Å². The van der Waals surface area contributed by atoms with E-state index in [1.807, 2.05) is 6.92 Å². The number of carboxylic acids is 1. The summed E-state index contributed by atoms with van der Waals surface area (Å²) < 4.78 is 0. The first kappa shape index (κ1) is 12.5. The molecule has 0 saturated heterocycles. The van der Waals surface area contributed by atoms with Crippen LogP contribution in [0, 0.1) is 11.8 Å². The molecule has 0 radical (unpaired) electrons. The molecule has 88 valence electrons. The average Bonchev–Trinajstić information content (AvgIpc) is 2.30. The third-order valence-electron chi connectivity index (χ3n) is 3.73. The highest BCUT2D eigenvalue weighted by Gasteiger charge is 2.40. The van der Waals surface area contributed by atoms with Gasteiger partial charge in [0.05, 0.1) is 11.5 Å². The summed E-state index contributed by atoms with van der Waals surface area (Å²) in [5.74, 6) is -0.831. The lowest BCUT2D eigenvalue weighted by atomic mass is 9.79. The zero-order chi connectivity index (χ0) is 11.5. The highest BCUT2D eigenvalue weighted by Crippen LogP contribution is 2.36. The second-order valence-corrected chi connectivity index (χ2v) is 4.94. The van der Waals surface area contributed by atoms with Gasteiger partial charge in [0.25, 0.3) is 0 Å². The fourth-order valence-electron chi connectivity index (χ4n) is 2.66. The van der Waals surface area contributed by atoms with Gasteiger partial charge in [0.1, 0.15) is 0 Å². The second kappa shape index (κ2) is 4.97. The molecule has 0 aromatic rings. The van der Waals surface area contributed by atoms with Gasteiger partial charge >= 0.3 is 5.97 Å². The van der Waals surface area contributed by atoms with Crippen LogP contribution in [-0.4, -0.2) is 21.8 Å². The second-order valence-electron chi connectivity index (χ2n) is 4.94. The molecule has 0 aromatic heterocycles. The molecule has 15 heavy (non-hydrogen) atoms. The Bertz CT molecular complexity index is 227. The Morgan fingerprint density at radius 3 is 2.67 bits per heavy atom. The fraction of sp³-hybridized carbons (Fsp3) is 0.917. The van der Waals surface area contributed by atoms with E-state index >= 15 is 0 Å². The van der Waals surface area contributed by atoms with Crippen molar-refractivity contribution >= 4 is 5.97 Å². The van der Waals surface area contributed by atoms with Gasteiger partial charge in [-0.2, -0.15) is 0 Å². The standard InChI is InChI=1S/C12H22O3/c1-3-10(11(13)14)12(15)7-4-5-9(2)6-8-12/h9-10,15H,3-8H2,1-2H3,(H,13,14). The molecule has 3 heteroatoms. The third kappa shape index (κ3) is 2.94. The minimum absolute atomic E-state index is 0.514. The van der Waals surface area contributed by atoms with Gasteiger partial charge in [0.15, 0.2) is 0 Å². The van der Waals surface area contributed by atoms with Crippen molar-refractivity contribution in [3.8, 4) is 0 Å². The summed E-state index contributed by atoms with van der Waals surface area (Å²) in [4.78, 5) is 11.1. The first-order valence-electron chi connectivity index (χ1n) is 5.94. The molecule has 3 unspecified atom stereocenters. The van der Waals surface area contributed by atoms with Gasteiger partial charge in [-0.1, -0.05) is 26.7 Å². The molecule has 1 saturated carbocycles. The third-order valence-corrected chi connectivity index (χ3v) is 3.73. The summed E-state index contributed by atoms with van der Waals surface area (Å²) in [5.41, 5.74) is -0.967. The van der Waals surface area contributed by atoms with Crippen molar-refractivity contribution in [2.75, 3.05) is 0 Å². The van der Waals surface area contributed by atoms with Crippen LogP contribution in [0.1, 0.15) is 52.4 Å². The molecule has 1 aliphatic carbocycles. The molecule has 0 heterocycles. The van der Waals surface area contributed by atoms with Gasteiger partial charge in [0.2, 0.25) is 0 Å². The van der Waals surface area contributed by atoms with Crippen molar-refractivity contribution in [3.05, 3.63) is 0 Å². The molecule has 1 rings (SSSR count). The van der Waals surface area contributed by atoms with Crippen molar-refractivity contribution in [2.45, 2.75) is 58.0 Å². The molecule has 3 nitrogen and oxygen atoms in total. The topological polar surface area (TPSA) is 57.5 Å². The Hall–Kier alpha value is -0.570. The highest BCUT2D eigenvalue weighted by molar-refractivity contribution is 5.71. The molecule has 0 amide bonds. The van der Waals surface area contributed by atoms with Crippen LogP contribution in [0.5, 0.6) is 0 Å². The van der Waals surface area contributed by atoms with E-state index in [2.05, 4.69) is 6.92 Å². The normalized spacial score (nSPS) is 34.5. The van der Waals surface area contributed by atoms with Crippen LogP contribution >= 0.6 is 0 Å². The quantitative estimate of drug-likeness (QED) is 0.709. The van der Waals surface area contributed by atoms with E-state index in [9.17, 15) is 9.90 Å². The average molecular weight is 214 g/mol. The molecule has 3 atom stereocenters. The Morgan fingerprint density at radius 1 is 1.47 bits per heavy atom. The van der Waals surface area contributed by atoms with Crippen LogP contribution in [0.3, 0.4) is 0 Å². The predicted octanol–water partition coefficient (Wildman–Crippen LogP) is 2.43. The zero-order valence-electron chi connectivity index (χ0n) is 9.70. The number of aliphatic carboxylic acids is 1. The maximum Gasteiger partial charge on any atom is 0.309 e. The maximum atomic E-state index is 11.1. The monoisotopic (exact) mass is 214 g/mol. The van der Waals surface area contributed by atoms with Gasteiger partial charge in [-0.25, -0.2) is 0 Å². The lowest BCUT2D eigenvalue weighted by Crippen LogP contribution is -2.41. The summed E-state index contributed by atoms with van der Waals surface area (Å²) >= 11 is 0. The van der Waals surface area contributed by atoms with Gasteiger partial charge in [-0.15, -0.1) is 0 Å². The van der Waals surface area contributed by atoms with Gasteiger partial charge in [-0.05, 0) is 31.6 Å². The summed E-state index contributed by atoms with van der Waals surface area (Å²) in [7, 11) is 0. The van der Waals surface area contributed by atoms with E-state index in [1.165, 1.54) is 0 Å². The first-order chi connectivity index (χ1) is 6.99. The minimum atomic E-state index is -0.967. The van der Waals surface area contributed by atoms with Crippen LogP contribution in [-0.2, 0) is 4.79 Å². The predicted molar refractivity (Wildman–Crippen MR) is 58.6 cm³/mol. The smallest absolute Gasteiger partial charge is 0.309 e. The van der Waals surface area contributed by atoms with Crippen LogP contribution < -0.4 is 0 Å². The van der Waals surface area contributed by atoms with Gasteiger partial charge in [-0.3, -0.25) is 4.79 Å². The number of rotatable bonds is 3. The van der Waals surface area contributed by atoms with Crippen LogP contribution in [0.2, 0.25) is 0 Å². The molecule has 0 aliphatic heterocycles. The van der Waals surface area contributed by atoms with Crippen molar-refractivity contribution in [1.29, 1.82) is 0 Å². The minimum Gasteiger partial charge on any atom is -0.481 e. The number of hydrogen-bond acceptors (Lipinski definition) is 2. The van der Waals surface area contributed by atoms with E-state index in [-0.39, 0.29) is 0 Å². The number of carboxylic acid groups (broad SMARTS) is 1. The lowest BCUT2D eigenvalue weighted by Gasteiger charge is -2.32. The van der Waals surface area contributed by atoms with Crippen LogP contribution in [0.4, 0.5) is 0 Å². The number of carbonyl (C=O) groups is 1. The van der Waals surface area contributed by atoms with E-state index in [0.29, 0.717) is 25.2 Å². The first-order valence-corrected chi connectivity index (χ1v) is 5.94. The molecule has 0 aromatic carbocycles. The van der Waals surface area contributed by atoms with Gasteiger partial charge in [0, 0.05) is 0 Å². The molecule has 2 N–H and O–H groups in total. The summed E-state index contributed by atoms with van der Waals surface area (Å²) in [6, 6.07) is 0. The fourth-order valence-corrected chi connectivity index (χ4v) is 2.66.